The minimum Gasteiger partial charge on any atom is -0.462 e. The third-order valence-corrected chi connectivity index (χ3v) is 6.30. The first kappa shape index (κ1) is 29.2. The van der Waals surface area contributed by atoms with Crippen LogP contribution in [0.15, 0.2) is 12.2 Å². The second kappa shape index (κ2) is 22.9. The number of hydrogen-bond donors (Lipinski definition) is 0. The van der Waals surface area contributed by atoms with Gasteiger partial charge in [-0.1, -0.05) is 137 Å². The summed E-state index contributed by atoms with van der Waals surface area (Å²) in [7, 11) is 0. The van der Waals surface area contributed by atoms with Crippen molar-refractivity contribution in [3.8, 4) is 0 Å². The lowest BCUT2D eigenvalue weighted by Gasteiger charge is -2.19. The molecule has 0 aliphatic heterocycles. The highest BCUT2D eigenvalue weighted by molar-refractivity contribution is 5.88. The van der Waals surface area contributed by atoms with Crippen LogP contribution in [-0.4, -0.2) is 12.6 Å². The first-order chi connectivity index (χ1) is 14.7. The molecule has 0 spiro atoms. The zero-order chi connectivity index (χ0) is 22.3. The SMILES string of the molecule is C=C(C(=O)OCCCCCCCCCC)C(CCCCCC)CCCCCCCC. The zero-order valence-electron chi connectivity index (χ0n) is 21.0. The highest BCUT2D eigenvalue weighted by atomic mass is 16.5. The molecule has 0 aromatic heterocycles. The van der Waals surface area contributed by atoms with E-state index in [2.05, 4.69) is 27.4 Å². The molecule has 0 fully saturated rings. The lowest BCUT2D eigenvalue weighted by molar-refractivity contribution is -0.139. The van der Waals surface area contributed by atoms with E-state index in [0.29, 0.717) is 12.5 Å². The summed E-state index contributed by atoms with van der Waals surface area (Å²) in [4.78, 5) is 12.5. The van der Waals surface area contributed by atoms with Crippen molar-refractivity contribution in [3.63, 3.8) is 0 Å². The van der Waals surface area contributed by atoms with Crippen molar-refractivity contribution in [1.29, 1.82) is 0 Å². The predicted molar refractivity (Wildman–Crippen MR) is 133 cm³/mol. The number of esters is 1. The Morgan fingerprint density at radius 3 is 1.43 bits per heavy atom. The average Bonchev–Trinajstić information content (AvgIpc) is 2.75. The third kappa shape index (κ3) is 18.0. The van der Waals surface area contributed by atoms with Gasteiger partial charge in [-0.25, -0.2) is 4.79 Å². The molecule has 0 N–H and O–H groups in total. The van der Waals surface area contributed by atoms with Crippen LogP contribution in [0.1, 0.15) is 149 Å². The van der Waals surface area contributed by atoms with Gasteiger partial charge in [0.25, 0.3) is 0 Å². The molecule has 0 aliphatic carbocycles. The van der Waals surface area contributed by atoms with Gasteiger partial charge in [-0.2, -0.15) is 0 Å². The van der Waals surface area contributed by atoms with Gasteiger partial charge < -0.3 is 4.74 Å². The Morgan fingerprint density at radius 2 is 0.967 bits per heavy atom. The van der Waals surface area contributed by atoms with Crippen molar-refractivity contribution in [2.24, 2.45) is 5.92 Å². The molecule has 0 rings (SSSR count). The van der Waals surface area contributed by atoms with E-state index >= 15 is 0 Å². The minimum atomic E-state index is -0.135. The predicted octanol–water partition coefficient (Wildman–Crippen LogP) is 9.56. The van der Waals surface area contributed by atoms with Crippen LogP contribution in [0, 0.1) is 5.92 Å². The summed E-state index contributed by atoms with van der Waals surface area (Å²) < 4.78 is 5.58. The molecular weight excluding hydrogens is 368 g/mol. The van der Waals surface area contributed by atoms with Crippen LogP contribution in [0.2, 0.25) is 0 Å². The molecule has 1 unspecified atom stereocenters. The molecule has 1 atom stereocenters. The highest BCUT2D eigenvalue weighted by Crippen LogP contribution is 2.25. The van der Waals surface area contributed by atoms with Crippen molar-refractivity contribution >= 4 is 5.97 Å². The number of carbonyl (C=O) groups excluding carboxylic acids is 1. The summed E-state index contributed by atoms with van der Waals surface area (Å²) in [6.45, 7) is 11.5. The van der Waals surface area contributed by atoms with E-state index in [-0.39, 0.29) is 5.97 Å². The van der Waals surface area contributed by atoms with Crippen LogP contribution in [0.3, 0.4) is 0 Å². The van der Waals surface area contributed by atoms with E-state index in [1.54, 1.807) is 0 Å². The molecule has 0 amide bonds. The summed E-state index contributed by atoms with van der Waals surface area (Å²) >= 11 is 0. The Balaban J connectivity index is 4.10. The number of hydrogen-bond acceptors (Lipinski definition) is 2. The molecule has 0 radical (unpaired) electrons. The lowest BCUT2D eigenvalue weighted by Crippen LogP contribution is -2.16. The fraction of sp³-hybridized carbons (Fsp3) is 0.893. The van der Waals surface area contributed by atoms with E-state index in [9.17, 15) is 4.79 Å². The first-order valence-electron chi connectivity index (χ1n) is 13.5. The molecule has 0 aromatic carbocycles. The second-order valence-corrected chi connectivity index (χ2v) is 9.24. The zero-order valence-corrected chi connectivity index (χ0v) is 21.0. The molecule has 0 heterocycles. The van der Waals surface area contributed by atoms with Crippen LogP contribution in [0.4, 0.5) is 0 Å². The fourth-order valence-corrected chi connectivity index (χ4v) is 4.14. The summed E-state index contributed by atoms with van der Waals surface area (Å²) in [5.41, 5.74) is 0.736. The number of rotatable bonds is 23. The standard InChI is InChI=1S/C28H54O2/c1-5-8-11-14-16-17-19-22-25-30-28(29)26(4)27(23-20-13-10-7-3)24-21-18-15-12-9-6-2/h27H,4-25H2,1-3H3. The molecule has 0 bridgehead atoms. The smallest absolute Gasteiger partial charge is 0.333 e. The van der Waals surface area contributed by atoms with Crippen molar-refractivity contribution in [2.45, 2.75) is 149 Å². The highest BCUT2D eigenvalue weighted by Gasteiger charge is 2.19. The van der Waals surface area contributed by atoms with E-state index in [4.69, 9.17) is 4.74 Å². The fourth-order valence-electron chi connectivity index (χ4n) is 4.14. The van der Waals surface area contributed by atoms with E-state index < -0.39 is 0 Å². The number of ether oxygens (including phenoxy) is 1. The maximum Gasteiger partial charge on any atom is 0.333 e. The maximum atomic E-state index is 12.5. The average molecular weight is 423 g/mol. The Hall–Kier alpha value is -0.790. The molecule has 30 heavy (non-hydrogen) atoms. The van der Waals surface area contributed by atoms with Gasteiger partial charge in [-0.15, -0.1) is 0 Å². The van der Waals surface area contributed by atoms with Crippen molar-refractivity contribution in [2.75, 3.05) is 6.61 Å². The second-order valence-electron chi connectivity index (χ2n) is 9.24. The molecule has 2 nitrogen and oxygen atoms in total. The van der Waals surface area contributed by atoms with Crippen molar-refractivity contribution in [1.82, 2.24) is 0 Å². The molecule has 0 aromatic rings. The van der Waals surface area contributed by atoms with Gasteiger partial charge in [0.05, 0.1) is 6.61 Å². The monoisotopic (exact) mass is 422 g/mol. The molecule has 178 valence electrons. The lowest BCUT2D eigenvalue weighted by atomic mass is 9.88. The van der Waals surface area contributed by atoms with Gasteiger partial charge in [-0.05, 0) is 25.2 Å². The summed E-state index contributed by atoms with van der Waals surface area (Å²) in [5, 5.41) is 0. The Kier molecular flexibility index (Phi) is 22.3. The Bertz CT molecular complexity index is 388. The topological polar surface area (TPSA) is 26.3 Å². The van der Waals surface area contributed by atoms with E-state index in [1.165, 1.54) is 109 Å². The largest absolute Gasteiger partial charge is 0.462 e. The van der Waals surface area contributed by atoms with Crippen molar-refractivity contribution in [3.05, 3.63) is 12.2 Å². The van der Waals surface area contributed by atoms with Crippen LogP contribution < -0.4 is 0 Å². The molecule has 0 aliphatic rings. The minimum absolute atomic E-state index is 0.135. The van der Waals surface area contributed by atoms with Gasteiger partial charge in [0, 0.05) is 5.57 Å². The van der Waals surface area contributed by atoms with Crippen LogP contribution >= 0.6 is 0 Å². The summed E-state index contributed by atoms with van der Waals surface area (Å²) in [6, 6.07) is 0. The van der Waals surface area contributed by atoms with Gasteiger partial charge in [0.2, 0.25) is 0 Å². The van der Waals surface area contributed by atoms with Gasteiger partial charge >= 0.3 is 5.97 Å². The van der Waals surface area contributed by atoms with E-state index in [1.807, 2.05) is 0 Å². The van der Waals surface area contributed by atoms with Gasteiger partial charge in [-0.3, -0.25) is 0 Å². The Labute approximate surface area is 189 Å². The molecule has 0 saturated carbocycles. The Morgan fingerprint density at radius 1 is 0.600 bits per heavy atom. The number of carbonyl (C=O) groups is 1. The van der Waals surface area contributed by atoms with E-state index in [0.717, 1.165) is 24.8 Å². The maximum absolute atomic E-state index is 12.5. The summed E-state index contributed by atoms with van der Waals surface area (Å²) in [5.74, 6) is 0.184. The molecular formula is C28H54O2. The first-order valence-corrected chi connectivity index (χ1v) is 13.5. The van der Waals surface area contributed by atoms with Gasteiger partial charge in [0.15, 0.2) is 0 Å². The normalized spacial score (nSPS) is 12.1. The molecule has 0 saturated heterocycles. The van der Waals surface area contributed by atoms with Crippen LogP contribution in [0.5, 0.6) is 0 Å². The third-order valence-electron chi connectivity index (χ3n) is 6.30. The number of unbranched alkanes of at least 4 members (excludes halogenated alkanes) is 15. The van der Waals surface area contributed by atoms with Crippen LogP contribution in [-0.2, 0) is 9.53 Å². The van der Waals surface area contributed by atoms with Crippen LogP contribution in [0.25, 0.3) is 0 Å². The summed E-state index contributed by atoms with van der Waals surface area (Å²) in [6.07, 6.45) is 25.1. The van der Waals surface area contributed by atoms with Gasteiger partial charge in [0.1, 0.15) is 0 Å². The van der Waals surface area contributed by atoms with Crippen molar-refractivity contribution < 1.29 is 9.53 Å². The molecule has 2 heteroatoms. The quantitative estimate of drug-likeness (QED) is 0.0930.